The van der Waals surface area contributed by atoms with Crippen LogP contribution in [0.15, 0.2) is 83.9 Å². The van der Waals surface area contributed by atoms with Gasteiger partial charge in [-0.2, -0.15) is 8.42 Å². The molecule has 0 radical (unpaired) electrons. The first-order valence-electron chi connectivity index (χ1n) is 11.9. The maximum atomic E-state index is 12.9. The van der Waals surface area contributed by atoms with Gasteiger partial charge < -0.3 is 8.92 Å². The molecule has 0 unspecified atom stereocenters. The fraction of sp³-hybridized carbons (Fsp3) is 0.179. The highest BCUT2D eigenvalue weighted by molar-refractivity contribution is 7.87. The zero-order valence-electron chi connectivity index (χ0n) is 20.3. The monoisotopic (exact) mass is 530 g/mol. The van der Waals surface area contributed by atoms with Crippen LogP contribution in [-0.2, 0) is 15.0 Å². The number of imide groups is 1. The minimum Gasteiger partial charge on any atom is -0.490 e. The second-order valence-corrected chi connectivity index (χ2v) is 10.9. The van der Waals surface area contributed by atoms with Gasteiger partial charge in [0.15, 0.2) is 5.03 Å². The number of aromatic nitrogens is 1. The maximum absolute atomic E-state index is 12.9. The van der Waals surface area contributed by atoms with Gasteiger partial charge in [-0.1, -0.05) is 30.3 Å². The first kappa shape index (κ1) is 24.1. The van der Waals surface area contributed by atoms with Crippen molar-refractivity contribution in [1.82, 2.24) is 10.0 Å². The minimum atomic E-state index is -4.20. The van der Waals surface area contributed by atoms with Gasteiger partial charge in [0.05, 0.1) is 16.6 Å². The van der Waals surface area contributed by atoms with E-state index in [1.165, 1.54) is 12.1 Å². The summed E-state index contributed by atoms with van der Waals surface area (Å²) in [5, 5.41) is 1.41. The molecule has 9 nitrogen and oxygen atoms in total. The summed E-state index contributed by atoms with van der Waals surface area (Å²) in [6, 6.07) is 21.6. The van der Waals surface area contributed by atoms with E-state index in [2.05, 4.69) is 4.98 Å². The van der Waals surface area contributed by atoms with Crippen molar-refractivity contribution in [2.24, 2.45) is 0 Å². The Morgan fingerprint density at radius 3 is 2.24 bits per heavy atom. The van der Waals surface area contributed by atoms with E-state index in [9.17, 15) is 18.0 Å². The Balaban J connectivity index is 1.16. The van der Waals surface area contributed by atoms with Crippen molar-refractivity contribution in [3.63, 3.8) is 0 Å². The molecular formula is C28H22N2O7S. The largest absolute Gasteiger partial charge is 0.490 e. The third-order valence-corrected chi connectivity index (χ3v) is 7.56. The van der Waals surface area contributed by atoms with Crippen LogP contribution in [0.25, 0.3) is 10.9 Å². The normalized spacial score (nSPS) is 16.0. The van der Waals surface area contributed by atoms with Crippen LogP contribution in [0.4, 0.5) is 0 Å². The molecule has 192 valence electrons. The number of amides is 2. The molecule has 10 heteroatoms. The molecule has 1 aromatic heterocycles. The van der Waals surface area contributed by atoms with Crippen LogP contribution < -0.4 is 8.92 Å². The molecule has 4 aromatic rings. The van der Waals surface area contributed by atoms with Crippen LogP contribution in [-0.4, -0.2) is 42.5 Å². The number of nitrogens with zero attached hydrogens (tertiary/aromatic N) is 2. The summed E-state index contributed by atoms with van der Waals surface area (Å²) < 4.78 is 37.2. The van der Waals surface area contributed by atoms with Crippen LogP contribution in [0, 0.1) is 6.92 Å². The molecule has 2 amide bonds. The Bertz CT molecular complexity index is 1680. The molecule has 3 aromatic carbocycles. The third kappa shape index (κ3) is 4.48. The summed E-state index contributed by atoms with van der Waals surface area (Å²) >= 11 is 0. The minimum absolute atomic E-state index is 0.0578. The number of fused-ring (bicyclic) bond motifs is 2. The van der Waals surface area contributed by atoms with E-state index in [1.807, 2.05) is 12.1 Å². The molecule has 1 aliphatic carbocycles. The number of hydroxylamine groups is 2. The van der Waals surface area contributed by atoms with Crippen molar-refractivity contribution in [1.29, 1.82) is 0 Å². The lowest BCUT2D eigenvalue weighted by molar-refractivity contribution is -0.155. The van der Waals surface area contributed by atoms with Crippen molar-refractivity contribution < 1.29 is 31.8 Å². The average Bonchev–Trinajstić information content (AvgIpc) is 3.64. The standard InChI is InChI=1S/C28H22N2O7S/c1-18-14-20(16-21(15-18)36-38(33,34)25-11-10-19-6-2-5-9-24(19)29-25)35-17-28(12-13-28)37-30-26(31)22-7-3-4-8-23(22)27(30)32/h2-11,14-16H,12-13,17H2,1H3. The van der Waals surface area contributed by atoms with Gasteiger partial charge in [0.1, 0.15) is 23.7 Å². The quantitative estimate of drug-likeness (QED) is 0.243. The summed E-state index contributed by atoms with van der Waals surface area (Å²) in [4.78, 5) is 35.4. The van der Waals surface area contributed by atoms with E-state index in [1.54, 1.807) is 61.5 Å². The van der Waals surface area contributed by atoms with E-state index in [-0.39, 0.29) is 17.4 Å². The molecule has 0 bridgehead atoms. The van der Waals surface area contributed by atoms with Crippen LogP contribution in [0.3, 0.4) is 0 Å². The van der Waals surface area contributed by atoms with Gasteiger partial charge in [-0.15, -0.1) is 5.06 Å². The number of pyridine rings is 1. The lowest BCUT2D eigenvalue weighted by Gasteiger charge is -2.22. The van der Waals surface area contributed by atoms with Crippen molar-refractivity contribution in [3.05, 3.63) is 95.6 Å². The lowest BCUT2D eigenvalue weighted by atomic mass is 10.1. The van der Waals surface area contributed by atoms with E-state index in [4.69, 9.17) is 13.8 Å². The topological polar surface area (TPSA) is 112 Å². The molecule has 0 N–H and O–H groups in total. The maximum Gasteiger partial charge on any atom is 0.356 e. The molecule has 0 spiro atoms. The average molecular weight is 531 g/mol. The van der Waals surface area contributed by atoms with Gasteiger partial charge in [0.25, 0.3) is 11.8 Å². The smallest absolute Gasteiger partial charge is 0.356 e. The van der Waals surface area contributed by atoms with Gasteiger partial charge in [-0.3, -0.25) is 14.4 Å². The van der Waals surface area contributed by atoms with E-state index >= 15 is 0 Å². The van der Waals surface area contributed by atoms with Gasteiger partial charge in [-0.25, -0.2) is 4.98 Å². The lowest BCUT2D eigenvalue weighted by Crippen LogP contribution is -2.38. The molecule has 1 fully saturated rings. The Labute approximate surface area is 218 Å². The zero-order chi connectivity index (χ0) is 26.5. The van der Waals surface area contributed by atoms with Crippen molar-refractivity contribution >= 4 is 32.8 Å². The second kappa shape index (κ2) is 8.93. The number of para-hydroxylation sites is 1. The number of hydrogen-bond acceptors (Lipinski definition) is 8. The van der Waals surface area contributed by atoms with Gasteiger partial charge in [0, 0.05) is 11.5 Å². The van der Waals surface area contributed by atoms with E-state index < -0.39 is 27.5 Å². The SMILES string of the molecule is Cc1cc(OCC2(ON3C(=O)c4ccccc4C3=O)CC2)cc(OS(=O)(=O)c2ccc3ccccc3n2)c1. The van der Waals surface area contributed by atoms with Crippen molar-refractivity contribution in [3.8, 4) is 11.5 Å². The first-order chi connectivity index (χ1) is 18.2. The number of benzene rings is 3. The van der Waals surface area contributed by atoms with Gasteiger partial charge >= 0.3 is 10.1 Å². The van der Waals surface area contributed by atoms with Crippen LogP contribution in [0.2, 0.25) is 0 Å². The van der Waals surface area contributed by atoms with Gasteiger partial charge in [-0.05, 0) is 67.8 Å². The Morgan fingerprint density at radius 2 is 1.53 bits per heavy atom. The Kier molecular flexibility index (Phi) is 5.66. The zero-order valence-corrected chi connectivity index (χ0v) is 21.1. The van der Waals surface area contributed by atoms with Crippen LogP contribution >= 0.6 is 0 Å². The number of aryl methyl sites for hydroxylation is 1. The highest BCUT2D eigenvalue weighted by Crippen LogP contribution is 2.42. The van der Waals surface area contributed by atoms with Gasteiger partial charge in [0.2, 0.25) is 0 Å². The third-order valence-electron chi connectivity index (χ3n) is 6.41. The highest BCUT2D eigenvalue weighted by atomic mass is 32.2. The highest BCUT2D eigenvalue weighted by Gasteiger charge is 2.51. The number of ether oxygens (including phenoxy) is 1. The molecule has 38 heavy (non-hydrogen) atoms. The number of carbonyl (C=O) groups excluding carboxylic acids is 2. The molecule has 2 aliphatic rings. The predicted molar refractivity (Wildman–Crippen MR) is 136 cm³/mol. The molecule has 1 aliphatic heterocycles. The molecule has 0 atom stereocenters. The van der Waals surface area contributed by atoms with E-state index in [0.29, 0.717) is 40.8 Å². The first-order valence-corrected chi connectivity index (χ1v) is 13.4. The van der Waals surface area contributed by atoms with Crippen LogP contribution in [0.1, 0.15) is 39.1 Å². The summed E-state index contributed by atoms with van der Waals surface area (Å²) in [5.74, 6) is -0.578. The van der Waals surface area contributed by atoms with Crippen LogP contribution in [0.5, 0.6) is 11.5 Å². The summed E-state index contributed by atoms with van der Waals surface area (Å²) in [6.07, 6.45) is 1.19. The number of hydrogen-bond donors (Lipinski definition) is 0. The fourth-order valence-electron chi connectivity index (χ4n) is 4.26. The summed E-state index contributed by atoms with van der Waals surface area (Å²) in [7, 11) is -4.20. The fourth-order valence-corrected chi connectivity index (χ4v) is 5.14. The molecule has 6 rings (SSSR count). The molecular weight excluding hydrogens is 508 g/mol. The Morgan fingerprint density at radius 1 is 0.868 bits per heavy atom. The van der Waals surface area contributed by atoms with Crippen molar-refractivity contribution in [2.75, 3.05) is 6.61 Å². The summed E-state index contributed by atoms with van der Waals surface area (Å²) in [5.41, 5.74) is 1.02. The number of carbonyl (C=O) groups is 2. The van der Waals surface area contributed by atoms with Crippen molar-refractivity contribution in [2.45, 2.75) is 30.4 Å². The predicted octanol–water partition coefficient (Wildman–Crippen LogP) is 4.45. The van der Waals surface area contributed by atoms with E-state index in [0.717, 1.165) is 10.4 Å². The molecule has 2 heterocycles. The Hall–Kier alpha value is -4.28. The molecule has 0 saturated heterocycles. The molecule has 1 saturated carbocycles. The number of rotatable bonds is 8. The second-order valence-electron chi connectivity index (χ2n) is 9.37. The summed E-state index contributed by atoms with van der Waals surface area (Å²) in [6.45, 7) is 1.84.